The Bertz CT molecular complexity index is 1360. The van der Waals surface area contributed by atoms with Crippen LogP contribution in [0.1, 0.15) is 380 Å². The van der Waals surface area contributed by atoms with Crippen LogP contribution < -0.4 is 0 Å². The summed E-state index contributed by atoms with van der Waals surface area (Å²) >= 11 is 0. The van der Waals surface area contributed by atoms with E-state index in [4.69, 9.17) is 14.2 Å². The predicted molar refractivity (Wildman–Crippen MR) is 344 cm³/mol. The summed E-state index contributed by atoms with van der Waals surface area (Å²) in [6.07, 6.45) is 85.7. The van der Waals surface area contributed by atoms with E-state index in [1.54, 1.807) is 0 Å². The molecular formula is C73H134O6. The Hall–Kier alpha value is -2.63. The van der Waals surface area contributed by atoms with Crippen molar-refractivity contribution in [1.82, 2.24) is 0 Å². The number of unbranched alkanes of at least 4 members (excludes halogenated alkanes) is 46. The summed E-state index contributed by atoms with van der Waals surface area (Å²) in [6.45, 7) is 6.66. The monoisotopic (exact) mass is 1110 g/mol. The van der Waals surface area contributed by atoms with Gasteiger partial charge in [-0.1, -0.05) is 326 Å². The highest BCUT2D eigenvalue weighted by Gasteiger charge is 2.19. The van der Waals surface area contributed by atoms with Gasteiger partial charge in [0.2, 0.25) is 0 Å². The maximum atomic E-state index is 12.9. The first-order valence-corrected chi connectivity index (χ1v) is 35.1. The maximum Gasteiger partial charge on any atom is 0.306 e. The fourth-order valence-corrected chi connectivity index (χ4v) is 10.5. The second kappa shape index (κ2) is 67.9. The van der Waals surface area contributed by atoms with E-state index < -0.39 is 6.10 Å². The first-order valence-electron chi connectivity index (χ1n) is 35.1. The molecule has 0 heterocycles. The normalized spacial score (nSPS) is 12.3. The first kappa shape index (κ1) is 76.4. The van der Waals surface area contributed by atoms with E-state index >= 15 is 0 Å². The van der Waals surface area contributed by atoms with Gasteiger partial charge in [-0.3, -0.25) is 14.4 Å². The van der Waals surface area contributed by atoms with Crippen LogP contribution >= 0.6 is 0 Å². The lowest BCUT2D eigenvalue weighted by Gasteiger charge is -2.18. The molecule has 0 aromatic rings. The average Bonchev–Trinajstić information content (AvgIpc) is 3.45. The van der Waals surface area contributed by atoms with Crippen LogP contribution in [0, 0.1) is 0 Å². The summed E-state index contributed by atoms with van der Waals surface area (Å²) in [7, 11) is 0. The van der Waals surface area contributed by atoms with Crippen molar-refractivity contribution in [3.8, 4) is 0 Å². The molecule has 0 N–H and O–H groups in total. The number of esters is 3. The predicted octanol–water partition coefficient (Wildman–Crippen LogP) is 24.1. The molecule has 79 heavy (non-hydrogen) atoms. The molecule has 6 heteroatoms. The van der Waals surface area contributed by atoms with Crippen molar-refractivity contribution in [2.75, 3.05) is 13.2 Å². The Morgan fingerprint density at radius 1 is 0.253 bits per heavy atom. The van der Waals surface area contributed by atoms with Gasteiger partial charge >= 0.3 is 17.9 Å². The smallest absolute Gasteiger partial charge is 0.306 e. The lowest BCUT2D eigenvalue weighted by molar-refractivity contribution is -0.167. The molecule has 0 aromatic carbocycles. The molecular weight excluding hydrogens is 973 g/mol. The van der Waals surface area contributed by atoms with E-state index in [1.165, 1.54) is 263 Å². The number of carbonyl (C=O) groups is 3. The van der Waals surface area contributed by atoms with Crippen molar-refractivity contribution in [2.24, 2.45) is 0 Å². The topological polar surface area (TPSA) is 78.9 Å². The Morgan fingerprint density at radius 3 is 0.747 bits per heavy atom. The second-order valence-electron chi connectivity index (χ2n) is 23.8. The minimum atomic E-state index is -0.778. The van der Waals surface area contributed by atoms with Crippen LogP contribution in [0.5, 0.6) is 0 Å². The quantitative estimate of drug-likeness (QED) is 0.0261. The zero-order chi connectivity index (χ0) is 57.1. The highest BCUT2D eigenvalue weighted by atomic mass is 16.6. The summed E-state index contributed by atoms with van der Waals surface area (Å²) in [5.74, 6) is -0.861. The van der Waals surface area contributed by atoms with Gasteiger partial charge in [-0.25, -0.2) is 0 Å². The molecule has 0 aliphatic heterocycles. The van der Waals surface area contributed by atoms with Gasteiger partial charge in [0, 0.05) is 19.3 Å². The van der Waals surface area contributed by atoms with Crippen LogP contribution in [0.25, 0.3) is 0 Å². The third-order valence-corrected chi connectivity index (χ3v) is 15.8. The zero-order valence-electron chi connectivity index (χ0n) is 53.2. The average molecular weight is 1110 g/mol. The van der Waals surface area contributed by atoms with Gasteiger partial charge < -0.3 is 14.2 Å². The van der Waals surface area contributed by atoms with Gasteiger partial charge in [-0.05, 0) is 83.5 Å². The first-order chi connectivity index (χ1) is 39.0. The molecule has 6 nitrogen and oxygen atoms in total. The van der Waals surface area contributed by atoms with E-state index in [0.29, 0.717) is 19.3 Å². The minimum absolute atomic E-state index is 0.0738. The van der Waals surface area contributed by atoms with Crippen LogP contribution in [0.3, 0.4) is 0 Å². The molecule has 0 bridgehead atoms. The molecule has 0 radical (unpaired) electrons. The molecule has 0 aromatic heterocycles. The van der Waals surface area contributed by atoms with Gasteiger partial charge in [-0.2, -0.15) is 0 Å². The number of hydrogen-bond donors (Lipinski definition) is 0. The summed E-state index contributed by atoms with van der Waals surface area (Å²) in [5.41, 5.74) is 0. The number of hydrogen-bond acceptors (Lipinski definition) is 6. The number of ether oxygens (including phenoxy) is 3. The van der Waals surface area contributed by atoms with Crippen molar-refractivity contribution in [1.29, 1.82) is 0 Å². The Kier molecular flexibility index (Phi) is 65.6. The number of allylic oxidation sites excluding steroid dienone is 8. The van der Waals surface area contributed by atoms with Gasteiger partial charge in [-0.15, -0.1) is 0 Å². The van der Waals surface area contributed by atoms with Crippen LogP contribution in [0.2, 0.25) is 0 Å². The lowest BCUT2D eigenvalue weighted by atomic mass is 10.0. The standard InChI is InChI=1S/C73H134O6/c1-4-7-10-13-16-19-22-25-27-29-31-32-33-34-35-36-37-38-39-40-42-43-45-48-51-54-57-60-63-66-72(75)78-69-70(68-77-71(74)65-62-59-56-53-50-47-24-21-18-15-12-9-6-3)79-73(76)67-64-61-58-55-52-49-46-44-41-30-28-26-23-20-17-14-11-8-5-2/h17,20,26,28-29,31,41,44,70H,4-16,18-19,21-25,27,30,32-40,42-43,45-69H2,1-3H3/b20-17-,28-26-,31-29-,44-41-. The van der Waals surface area contributed by atoms with Crippen LogP contribution in [-0.2, 0) is 28.6 Å². The fourth-order valence-electron chi connectivity index (χ4n) is 10.5. The van der Waals surface area contributed by atoms with Gasteiger partial charge in [0.25, 0.3) is 0 Å². The highest BCUT2D eigenvalue weighted by Crippen LogP contribution is 2.18. The van der Waals surface area contributed by atoms with E-state index in [-0.39, 0.29) is 31.1 Å². The third kappa shape index (κ3) is 66.1. The fraction of sp³-hybridized carbons (Fsp3) is 0.849. The summed E-state index contributed by atoms with van der Waals surface area (Å²) in [5, 5.41) is 0. The van der Waals surface area contributed by atoms with E-state index in [9.17, 15) is 14.4 Å². The van der Waals surface area contributed by atoms with Crippen molar-refractivity contribution >= 4 is 17.9 Å². The van der Waals surface area contributed by atoms with Crippen molar-refractivity contribution in [2.45, 2.75) is 386 Å². The molecule has 0 amide bonds. The second-order valence-corrected chi connectivity index (χ2v) is 23.8. The highest BCUT2D eigenvalue weighted by molar-refractivity contribution is 5.71. The lowest BCUT2D eigenvalue weighted by Crippen LogP contribution is -2.30. The number of rotatable bonds is 65. The molecule has 0 spiro atoms. The summed E-state index contributed by atoms with van der Waals surface area (Å²) in [4.78, 5) is 38.4. The van der Waals surface area contributed by atoms with Gasteiger partial charge in [0.15, 0.2) is 6.10 Å². The molecule has 0 aliphatic rings. The van der Waals surface area contributed by atoms with Crippen LogP contribution in [0.15, 0.2) is 48.6 Å². The van der Waals surface area contributed by atoms with E-state index in [1.807, 2.05) is 0 Å². The van der Waals surface area contributed by atoms with Gasteiger partial charge in [0.05, 0.1) is 0 Å². The molecule has 0 rings (SSSR count). The molecule has 0 fully saturated rings. The maximum absolute atomic E-state index is 12.9. The summed E-state index contributed by atoms with van der Waals surface area (Å²) in [6, 6.07) is 0. The molecule has 1 atom stereocenters. The summed E-state index contributed by atoms with van der Waals surface area (Å²) < 4.78 is 17.0. The minimum Gasteiger partial charge on any atom is -0.462 e. The van der Waals surface area contributed by atoms with Crippen molar-refractivity contribution in [3.63, 3.8) is 0 Å². The number of carbonyl (C=O) groups excluding carboxylic acids is 3. The third-order valence-electron chi connectivity index (χ3n) is 15.8. The Morgan fingerprint density at radius 2 is 0.456 bits per heavy atom. The van der Waals surface area contributed by atoms with Crippen molar-refractivity contribution in [3.05, 3.63) is 48.6 Å². The van der Waals surface area contributed by atoms with Gasteiger partial charge in [0.1, 0.15) is 13.2 Å². The zero-order valence-corrected chi connectivity index (χ0v) is 53.2. The molecule has 0 saturated heterocycles. The molecule has 0 aliphatic carbocycles. The van der Waals surface area contributed by atoms with E-state index in [0.717, 1.165) is 77.0 Å². The molecule has 1 unspecified atom stereocenters. The Balaban J connectivity index is 4.21. The molecule has 0 saturated carbocycles. The molecule has 462 valence electrons. The van der Waals surface area contributed by atoms with Crippen molar-refractivity contribution < 1.29 is 28.6 Å². The SMILES string of the molecule is CCCCC/C=C\C/C=C\C/C=C\CCCCCCCCC(=O)OC(COC(=O)CCCCCCCCCCCCCCC)COC(=O)CCCCCCCCCCCCCCCCCCC/C=C\CCCCCCCCCC. The van der Waals surface area contributed by atoms with Crippen LogP contribution in [-0.4, -0.2) is 37.2 Å². The Labute approximate surface area is 492 Å². The largest absolute Gasteiger partial charge is 0.462 e. The van der Waals surface area contributed by atoms with Crippen LogP contribution in [0.4, 0.5) is 0 Å². The van der Waals surface area contributed by atoms with E-state index in [2.05, 4.69) is 69.4 Å².